The molecule has 0 radical (unpaired) electrons. The van der Waals surface area contributed by atoms with Crippen LogP contribution in [0.3, 0.4) is 0 Å². The van der Waals surface area contributed by atoms with Gasteiger partial charge in [-0.1, -0.05) is 6.42 Å². The second-order valence-corrected chi connectivity index (χ2v) is 3.68. The fourth-order valence-electron chi connectivity index (χ4n) is 2.40. The van der Waals surface area contributed by atoms with Crippen molar-refractivity contribution in [1.82, 2.24) is 5.32 Å². The van der Waals surface area contributed by atoms with Crippen molar-refractivity contribution in [2.24, 2.45) is 11.1 Å². The number of rotatable bonds is 1. The van der Waals surface area contributed by atoms with Crippen LogP contribution in [0.2, 0.25) is 0 Å². The van der Waals surface area contributed by atoms with Crippen molar-refractivity contribution in [1.29, 1.82) is 0 Å². The summed E-state index contributed by atoms with van der Waals surface area (Å²) in [6.45, 7) is 0. The summed E-state index contributed by atoms with van der Waals surface area (Å²) >= 11 is 0. The molecule has 2 aliphatic rings. The van der Waals surface area contributed by atoms with Gasteiger partial charge in [0.1, 0.15) is 0 Å². The number of carbonyl (C=O) groups is 1. The molecule has 0 bridgehead atoms. The van der Waals surface area contributed by atoms with Gasteiger partial charge >= 0.3 is 5.91 Å². The highest BCUT2D eigenvalue weighted by Crippen LogP contribution is 2.34. The van der Waals surface area contributed by atoms with Gasteiger partial charge in [-0.3, -0.25) is 4.79 Å². The van der Waals surface area contributed by atoms with Crippen LogP contribution in [0.15, 0.2) is 5.18 Å². The topological polar surface area (TPSA) is 58.5 Å². The molecule has 0 unspecified atom stereocenters. The SMILES string of the molecule is O=NC(=O)[C@@H]1C[C@@H]2CCC[C@@H]2N1. The molecule has 1 aliphatic heterocycles. The Morgan fingerprint density at radius 2 is 2.25 bits per heavy atom. The maximum absolute atomic E-state index is 10.9. The van der Waals surface area contributed by atoms with Crippen molar-refractivity contribution in [3.05, 3.63) is 4.91 Å². The molecule has 2 fully saturated rings. The second-order valence-electron chi connectivity index (χ2n) is 3.68. The summed E-state index contributed by atoms with van der Waals surface area (Å²) in [6.07, 6.45) is 4.40. The molecule has 2 rings (SSSR count). The highest BCUT2D eigenvalue weighted by atomic mass is 16.3. The van der Waals surface area contributed by atoms with Crippen LogP contribution in [0.25, 0.3) is 0 Å². The van der Waals surface area contributed by atoms with Crippen molar-refractivity contribution >= 4 is 5.91 Å². The highest BCUT2D eigenvalue weighted by molar-refractivity contribution is 5.82. The molecule has 66 valence electrons. The fraction of sp³-hybridized carbons (Fsp3) is 0.875. The van der Waals surface area contributed by atoms with Gasteiger partial charge in [0, 0.05) is 11.2 Å². The fourth-order valence-corrected chi connectivity index (χ4v) is 2.40. The zero-order valence-electron chi connectivity index (χ0n) is 6.82. The smallest absolute Gasteiger partial charge is 0.303 e. The zero-order valence-corrected chi connectivity index (χ0v) is 6.82. The summed E-state index contributed by atoms with van der Waals surface area (Å²) in [5, 5.41) is 5.61. The van der Waals surface area contributed by atoms with E-state index in [1.807, 2.05) is 0 Å². The third-order valence-electron chi connectivity index (χ3n) is 3.00. The van der Waals surface area contributed by atoms with Gasteiger partial charge in [-0.25, -0.2) is 0 Å². The van der Waals surface area contributed by atoms with E-state index in [0.717, 1.165) is 12.8 Å². The highest BCUT2D eigenvalue weighted by Gasteiger charge is 2.39. The van der Waals surface area contributed by atoms with Crippen molar-refractivity contribution in [2.45, 2.75) is 37.8 Å². The van der Waals surface area contributed by atoms with Gasteiger partial charge in [0.25, 0.3) is 0 Å². The molecule has 12 heavy (non-hydrogen) atoms. The first-order valence-corrected chi connectivity index (χ1v) is 4.44. The van der Waals surface area contributed by atoms with E-state index in [2.05, 4.69) is 10.5 Å². The molecule has 1 N–H and O–H groups in total. The predicted molar refractivity (Wildman–Crippen MR) is 43.5 cm³/mol. The van der Waals surface area contributed by atoms with Crippen LogP contribution in [0.4, 0.5) is 0 Å². The Balaban J connectivity index is 1.98. The van der Waals surface area contributed by atoms with Gasteiger partial charge in [-0.05, 0) is 25.2 Å². The monoisotopic (exact) mass is 168 g/mol. The first kappa shape index (κ1) is 7.86. The quantitative estimate of drug-likeness (QED) is 0.589. The lowest BCUT2D eigenvalue weighted by Crippen LogP contribution is -2.34. The van der Waals surface area contributed by atoms with Crippen LogP contribution in [0, 0.1) is 10.8 Å². The summed E-state index contributed by atoms with van der Waals surface area (Å²) in [7, 11) is 0. The van der Waals surface area contributed by atoms with Gasteiger partial charge < -0.3 is 5.32 Å². The molecule has 0 aromatic rings. The van der Waals surface area contributed by atoms with Gasteiger partial charge in [-0.2, -0.15) is 0 Å². The third-order valence-corrected chi connectivity index (χ3v) is 3.00. The Labute approximate surface area is 70.7 Å². The summed E-state index contributed by atoms with van der Waals surface area (Å²) in [5.74, 6) is 0.0881. The van der Waals surface area contributed by atoms with Crippen LogP contribution >= 0.6 is 0 Å². The molecule has 4 nitrogen and oxygen atoms in total. The van der Waals surface area contributed by atoms with Crippen LogP contribution in [-0.4, -0.2) is 18.0 Å². The molecule has 1 saturated heterocycles. The molecule has 3 atom stereocenters. The zero-order chi connectivity index (χ0) is 8.55. The van der Waals surface area contributed by atoms with E-state index in [1.165, 1.54) is 12.8 Å². The van der Waals surface area contributed by atoms with E-state index in [9.17, 15) is 9.70 Å². The largest absolute Gasteiger partial charge is 0.303 e. The summed E-state index contributed by atoms with van der Waals surface area (Å²) in [4.78, 5) is 20.9. The molecule has 4 heteroatoms. The van der Waals surface area contributed by atoms with Gasteiger partial charge in [-0.15, -0.1) is 4.91 Å². The number of nitrogens with zero attached hydrogens (tertiary/aromatic N) is 1. The van der Waals surface area contributed by atoms with Crippen molar-refractivity contribution in [2.75, 3.05) is 0 Å². The number of nitroso groups, excluding NO2 is 1. The normalized spacial score (nSPS) is 39.5. The third kappa shape index (κ3) is 1.16. The Kier molecular flexibility index (Phi) is 1.92. The molecule has 0 spiro atoms. The summed E-state index contributed by atoms with van der Waals surface area (Å²) in [6, 6.07) is 0.193. The van der Waals surface area contributed by atoms with Gasteiger partial charge in [0.2, 0.25) is 0 Å². The first-order valence-electron chi connectivity index (χ1n) is 4.44. The van der Waals surface area contributed by atoms with E-state index in [0.29, 0.717) is 12.0 Å². The van der Waals surface area contributed by atoms with Crippen LogP contribution in [-0.2, 0) is 4.79 Å². The molecule has 1 amide bonds. The maximum Gasteiger partial charge on any atom is 0.303 e. The van der Waals surface area contributed by atoms with E-state index >= 15 is 0 Å². The lowest BCUT2D eigenvalue weighted by molar-refractivity contribution is -0.119. The molecule has 1 aliphatic carbocycles. The van der Waals surface area contributed by atoms with Crippen LogP contribution < -0.4 is 5.32 Å². The number of carbonyl (C=O) groups excluding carboxylic acids is 1. The number of amides is 1. The molecule has 0 aromatic heterocycles. The van der Waals surface area contributed by atoms with Crippen molar-refractivity contribution in [3.8, 4) is 0 Å². The minimum absolute atomic E-state index is 0.280. The number of hydrogen-bond donors (Lipinski definition) is 1. The van der Waals surface area contributed by atoms with Gasteiger partial charge in [0.05, 0.1) is 6.04 Å². The lowest BCUT2D eigenvalue weighted by atomic mass is 10.0. The Hall–Kier alpha value is -0.770. The molecule has 0 aromatic carbocycles. The van der Waals surface area contributed by atoms with Crippen molar-refractivity contribution < 1.29 is 4.79 Å². The second kappa shape index (κ2) is 2.94. The van der Waals surface area contributed by atoms with E-state index in [4.69, 9.17) is 0 Å². The standard InChI is InChI=1S/C8H12N2O2/c11-8(10-12)7-4-5-2-1-3-6(5)9-7/h5-7,9H,1-4H2/t5-,6-,7-/m0/s1. The maximum atomic E-state index is 10.9. The van der Waals surface area contributed by atoms with Crippen molar-refractivity contribution in [3.63, 3.8) is 0 Å². The Morgan fingerprint density at radius 3 is 2.92 bits per heavy atom. The summed E-state index contributed by atoms with van der Waals surface area (Å²) in [5.41, 5.74) is 0. The van der Waals surface area contributed by atoms with E-state index in [1.54, 1.807) is 0 Å². The molecule has 1 saturated carbocycles. The van der Waals surface area contributed by atoms with Crippen LogP contribution in [0.5, 0.6) is 0 Å². The predicted octanol–water partition coefficient (Wildman–Crippen LogP) is 0.810. The lowest BCUT2D eigenvalue weighted by Gasteiger charge is -2.07. The summed E-state index contributed by atoms with van der Waals surface area (Å²) < 4.78 is 0. The number of fused-ring (bicyclic) bond motifs is 1. The average Bonchev–Trinajstić information content (AvgIpc) is 2.60. The minimum Gasteiger partial charge on any atom is -0.303 e. The molecular weight excluding hydrogens is 156 g/mol. The van der Waals surface area contributed by atoms with E-state index in [-0.39, 0.29) is 6.04 Å². The van der Waals surface area contributed by atoms with Crippen LogP contribution in [0.1, 0.15) is 25.7 Å². The Morgan fingerprint density at radius 1 is 1.42 bits per heavy atom. The minimum atomic E-state index is -0.524. The Bertz CT molecular complexity index is 205. The van der Waals surface area contributed by atoms with E-state index < -0.39 is 5.91 Å². The average molecular weight is 168 g/mol. The van der Waals surface area contributed by atoms with Gasteiger partial charge in [0.15, 0.2) is 0 Å². The molecular formula is C8H12N2O2. The molecule has 1 heterocycles. The number of nitrogens with one attached hydrogen (secondary N) is 1. The number of hydrogen-bond acceptors (Lipinski definition) is 3. The first-order chi connectivity index (χ1) is 5.81.